The smallest absolute Gasteiger partial charge is 0.223 e. The molecule has 0 radical (unpaired) electrons. The molecule has 1 aromatic carbocycles. The number of hydrogen-bond acceptors (Lipinski definition) is 4. The molecule has 1 fully saturated rings. The van der Waals surface area contributed by atoms with Gasteiger partial charge in [0.1, 0.15) is 5.75 Å². The highest BCUT2D eigenvalue weighted by atomic mass is 35.5. The molecule has 0 aliphatic carbocycles. The SMILES string of the molecule is CCCN(C(=O)CCC(=O)c1ccc(OCC)cc1)C1CCNCC1.Cl. The van der Waals surface area contributed by atoms with Crippen LogP contribution in [0.3, 0.4) is 0 Å². The predicted octanol–water partition coefficient (Wildman–Crippen LogP) is 3.46. The van der Waals surface area contributed by atoms with Crippen molar-refractivity contribution in [2.24, 2.45) is 0 Å². The molecule has 5 nitrogen and oxygen atoms in total. The first-order chi connectivity index (χ1) is 12.2. The topological polar surface area (TPSA) is 58.6 Å². The summed E-state index contributed by atoms with van der Waals surface area (Å²) in [6.07, 6.45) is 3.49. The molecule has 0 aromatic heterocycles. The van der Waals surface area contributed by atoms with Crippen LogP contribution in [0.25, 0.3) is 0 Å². The molecule has 26 heavy (non-hydrogen) atoms. The van der Waals surface area contributed by atoms with Gasteiger partial charge in [-0.25, -0.2) is 0 Å². The molecular weight excluding hydrogens is 352 g/mol. The second-order valence-corrected chi connectivity index (χ2v) is 6.45. The van der Waals surface area contributed by atoms with E-state index >= 15 is 0 Å². The zero-order chi connectivity index (χ0) is 18.1. The Kier molecular flexibility index (Phi) is 10.3. The van der Waals surface area contributed by atoms with E-state index < -0.39 is 0 Å². The lowest BCUT2D eigenvalue weighted by atomic mass is 10.0. The van der Waals surface area contributed by atoms with Gasteiger partial charge in [-0.1, -0.05) is 6.92 Å². The fourth-order valence-corrected chi connectivity index (χ4v) is 3.28. The Bertz CT molecular complexity index is 557. The van der Waals surface area contributed by atoms with Crippen molar-refractivity contribution in [1.82, 2.24) is 10.2 Å². The Labute approximate surface area is 162 Å². The van der Waals surface area contributed by atoms with Crippen molar-refractivity contribution in [2.45, 2.75) is 52.0 Å². The van der Waals surface area contributed by atoms with Crippen molar-refractivity contribution in [3.63, 3.8) is 0 Å². The fraction of sp³-hybridized carbons (Fsp3) is 0.600. The minimum atomic E-state index is 0. The molecule has 1 N–H and O–H groups in total. The lowest BCUT2D eigenvalue weighted by Crippen LogP contribution is -2.46. The van der Waals surface area contributed by atoms with E-state index in [0.717, 1.165) is 44.6 Å². The van der Waals surface area contributed by atoms with Crippen LogP contribution in [-0.4, -0.2) is 48.9 Å². The van der Waals surface area contributed by atoms with Gasteiger partial charge in [0.2, 0.25) is 5.91 Å². The largest absolute Gasteiger partial charge is 0.494 e. The van der Waals surface area contributed by atoms with Crippen molar-refractivity contribution in [2.75, 3.05) is 26.2 Å². The number of benzene rings is 1. The number of halogens is 1. The summed E-state index contributed by atoms with van der Waals surface area (Å²) in [7, 11) is 0. The van der Waals surface area contributed by atoms with Gasteiger partial charge in [0.15, 0.2) is 5.78 Å². The van der Waals surface area contributed by atoms with Gasteiger partial charge in [-0.15, -0.1) is 12.4 Å². The van der Waals surface area contributed by atoms with Gasteiger partial charge in [0.25, 0.3) is 0 Å². The predicted molar refractivity (Wildman–Crippen MR) is 106 cm³/mol. The lowest BCUT2D eigenvalue weighted by molar-refractivity contribution is -0.134. The van der Waals surface area contributed by atoms with Gasteiger partial charge in [-0.2, -0.15) is 0 Å². The van der Waals surface area contributed by atoms with E-state index in [-0.39, 0.29) is 36.9 Å². The molecular formula is C20H31ClN2O3. The Balaban J connectivity index is 0.00000338. The van der Waals surface area contributed by atoms with Crippen molar-refractivity contribution < 1.29 is 14.3 Å². The number of carbonyl (C=O) groups is 2. The number of rotatable bonds is 9. The Morgan fingerprint density at radius 1 is 1.12 bits per heavy atom. The third kappa shape index (κ3) is 6.61. The number of carbonyl (C=O) groups excluding carboxylic acids is 2. The van der Waals surface area contributed by atoms with E-state index in [2.05, 4.69) is 12.2 Å². The number of nitrogens with zero attached hydrogens (tertiary/aromatic N) is 1. The Morgan fingerprint density at radius 2 is 1.77 bits per heavy atom. The molecule has 0 unspecified atom stereocenters. The van der Waals surface area contributed by atoms with E-state index in [1.807, 2.05) is 11.8 Å². The van der Waals surface area contributed by atoms with E-state index in [9.17, 15) is 9.59 Å². The van der Waals surface area contributed by atoms with Crippen LogP contribution < -0.4 is 10.1 Å². The molecule has 1 amide bonds. The average molecular weight is 383 g/mol. The van der Waals surface area contributed by atoms with E-state index in [1.165, 1.54) is 0 Å². The summed E-state index contributed by atoms with van der Waals surface area (Å²) >= 11 is 0. The highest BCUT2D eigenvalue weighted by Crippen LogP contribution is 2.17. The summed E-state index contributed by atoms with van der Waals surface area (Å²) in [5, 5.41) is 3.33. The maximum atomic E-state index is 12.6. The van der Waals surface area contributed by atoms with Crippen molar-refractivity contribution >= 4 is 24.1 Å². The number of ketones is 1. The molecule has 1 heterocycles. The first-order valence-electron chi connectivity index (χ1n) is 9.42. The summed E-state index contributed by atoms with van der Waals surface area (Å²) in [5.74, 6) is 0.876. The summed E-state index contributed by atoms with van der Waals surface area (Å²) in [6, 6.07) is 7.46. The zero-order valence-corrected chi connectivity index (χ0v) is 16.6. The summed E-state index contributed by atoms with van der Waals surface area (Å²) < 4.78 is 5.39. The number of piperidine rings is 1. The van der Waals surface area contributed by atoms with Gasteiger partial charge in [0, 0.05) is 31.0 Å². The highest BCUT2D eigenvalue weighted by molar-refractivity contribution is 5.98. The summed E-state index contributed by atoms with van der Waals surface area (Å²) in [6.45, 7) is 7.32. The number of nitrogens with one attached hydrogen (secondary N) is 1. The fourth-order valence-electron chi connectivity index (χ4n) is 3.28. The van der Waals surface area contributed by atoms with Gasteiger partial charge in [0.05, 0.1) is 6.61 Å². The third-order valence-corrected chi connectivity index (χ3v) is 4.59. The molecule has 0 spiro atoms. The molecule has 1 aliphatic rings. The molecule has 0 bridgehead atoms. The lowest BCUT2D eigenvalue weighted by Gasteiger charge is -2.34. The minimum absolute atomic E-state index is 0. The minimum Gasteiger partial charge on any atom is -0.494 e. The van der Waals surface area contributed by atoms with Crippen LogP contribution >= 0.6 is 12.4 Å². The molecule has 0 atom stereocenters. The van der Waals surface area contributed by atoms with Gasteiger partial charge < -0.3 is 15.0 Å². The number of amides is 1. The van der Waals surface area contributed by atoms with Gasteiger partial charge in [-0.3, -0.25) is 9.59 Å². The molecule has 1 aliphatic heterocycles. The van der Waals surface area contributed by atoms with Gasteiger partial charge in [-0.05, 0) is 63.5 Å². The number of Topliss-reactive ketones (excluding diaryl/α,β-unsaturated/α-hetero) is 1. The number of ether oxygens (including phenoxy) is 1. The molecule has 146 valence electrons. The number of hydrogen-bond donors (Lipinski definition) is 1. The molecule has 0 saturated carbocycles. The van der Waals surface area contributed by atoms with E-state index in [4.69, 9.17) is 4.74 Å². The standard InChI is InChI=1S/C20H30N2O3.ClH/c1-3-15-22(17-11-13-21-14-12-17)20(24)10-9-19(23)16-5-7-18(8-6-16)25-4-2;/h5-8,17,21H,3-4,9-15H2,1-2H3;1H. The maximum absolute atomic E-state index is 12.6. The first-order valence-corrected chi connectivity index (χ1v) is 9.42. The maximum Gasteiger partial charge on any atom is 0.223 e. The normalized spacial score (nSPS) is 14.4. The Morgan fingerprint density at radius 3 is 2.35 bits per heavy atom. The van der Waals surface area contributed by atoms with E-state index in [0.29, 0.717) is 18.2 Å². The molecule has 1 aromatic rings. The zero-order valence-electron chi connectivity index (χ0n) is 15.8. The highest BCUT2D eigenvalue weighted by Gasteiger charge is 2.24. The monoisotopic (exact) mass is 382 g/mol. The van der Waals surface area contributed by atoms with Crippen LogP contribution in [0.2, 0.25) is 0 Å². The first kappa shape index (κ1) is 22.5. The molecule has 2 rings (SSSR count). The average Bonchev–Trinajstić information content (AvgIpc) is 2.65. The quantitative estimate of drug-likeness (QED) is 0.664. The van der Waals surface area contributed by atoms with Crippen LogP contribution in [0.4, 0.5) is 0 Å². The van der Waals surface area contributed by atoms with Crippen LogP contribution in [0.1, 0.15) is 56.3 Å². The third-order valence-electron chi connectivity index (χ3n) is 4.59. The van der Waals surface area contributed by atoms with Crippen molar-refractivity contribution in [3.8, 4) is 5.75 Å². The van der Waals surface area contributed by atoms with Crippen LogP contribution in [0, 0.1) is 0 Å². The molecule has 6 heteroatoms. The van der Waals surface area contributed by atoms with Gasteiger partial charge >= 0.3 is 0 Å². The van der Waals surface area contributed by atoms with E-state index in [1.54, 1.807) is 24.3 Å². The van der Waals surface area contributed by atoms with Crippen LogP contribution in [0.5, 0.6) is 5.75 Å². The second-order valence-electron chi connectivity index (χ2n) is 6.45. The molecule has 1 saturated heterocycles. The van der Waals surface area contributed by atoms with Crippen LogP contribution in [0.15, 0.2) is 24.3 Å². The van der Waals surface area contributed by atoms with Crippen LogP contribution in [-0.2, 0) is 4.79 Å². The second kappa shape index (κ2) is 11.9. The van der Waals surface area contributed by atoms with Crippen molar-refractivity contribution in [3.05, 3.63) is 29.8 Å². The summed E-state index contributed by atoms with van der Waals surface area (Å²) in [4.78, 5) is 27.0. The van der Waals surface area contributed by atoms with Crippen molar-refractivity contribution in [1.29, 1.82) is 0 Å². The summed E-state index contributed by atoms with van der Waals surface area (Å²) in [5.41, 5.74) is 0.639. The Hall–Kier alpha value is -1.59.